The molecule has 2 nitrogen and oxygen atoms in total. The standard InChI is InChI=1S/C23H12F6I2O2/c1-9-17(13-5-3-11(30)7-15(13)32-9)19-20(22(26,27)23(28,29)21(19,24)25)18-10(2)33-16-8-12(31)4-6-14(16)18/h3-8H,1-2H3. The quantitative estimate of drug-likeness (QED) is 0.156. The maximum absolute atomic E-state index is 15.3. The first-order valence-corrected chi connectivity index (χ1v) is 11.7. The van der Waals surface area contributed by atoms with E-state index in [4.69, 9.17) is 8.83 Å². The molecule has 2 aromatic carbocycles. The Kier molecular flexibility index (Phi) is 5.00. The van der Waals surface area contributed by atoms with Crippen LogP contribution in [0.2, 0.25) is 0 Å². The van der Waals surface area contributed by atoms with Gasteiger partial charge in [0.2, 0.25) is 0 Å². The smallest absolute Gasteiger partial charge is 0.380 e. The molecule has 4 aromatic rings. The van der Waals surface area contributed by atoms with E-state index in [2.05, 4.69) is 0 Å². The van der Waals surface area contributed by atoms with Gasteiger partial charge in [0.15, 0.2) is 0 Å². The number of benzene rings is 2. The summed E-state index contributed by atoms with van der Waals surface area (Å²) in [5.41, 5.74) is -3.54. The third-order valence-electron chi connectivity index (χ3n) is 5.82. The molecular formula is C23H12F6I2O2. The number of alkyl halides is 6. The van der Waals surface area contributed by atoms with Crippen LogP contribution in [0.5, 0.6) is 0 Å². The summed E-state index contributed by atoms with van der Waals surface area (Å²) in [6, 6.07) is 8.98. The summed E-state index contributed by atoms with van der Waals surface area (Å²) in [5, 5.41) is 0.0992. The van der Waals surface area contributed by atoms with E-state index >= 15 is 17.6 Å². The molecule has 0 bridgehead atoms. The van der Waals surface area contributed by atoms with E-state index in [1.165, 1.54) is 38.1 Å². The Hall–Kier alpha value is -1.70. The zero-order valence-electron chi connectivity index (χ0n) is 16.8. The fraction of sp³-hybridized carbons (Fsp3) is 0.217. The largest absolute Gasteiger partial charge is 0.461 e. The van der Waals surface area contributed by atoms with Gasteiger partial charge in [-0.1, -0.05) is 0 Å². The summed E-state index contributed by atoms with van der Waals surface area (Å²) in [6.07, 6.45) is 0. The summed E-state index contributed by atoms with van der Waals surface area (Å²) >= 11 is 3.94. The Morgan fingerprint density at radius 3 is 1.36 bits per heavy atom. The Bertz CT molecular complexity index is 1390. The van der Waals surface area contributed by atoms with Gasteiger partial charge in [-0.05, 0) is 95.4 Å². The van der Waals surface area contributed by atoms with Crippen molar-refractivity contribution < 1.29 is 35.2 Å². The van der Waals surface area contributed by atoms with E-state index in [9.17, 15) is 8.78 Å². The first-order valence-electron chi connectivity index (χ1n) is 9.55. The molecule has 5 rings (SSSR count). The van der Waals surface area contributed by atoms with Crippen LogP contribution in [-0.2, 0) is 0 Å². The number of aryl methyl sites for hydroxylation is 2. The van der Waals surface area contributed by atoms with Gasteiger partial charge in [0, 0.05) is 40.2 Å². The van der Waals surface area contributed by atoms with Gasteiger partial charge in [-0.15, -0.1) is 0 Å². The van der Waals surface area contributed by atoms with Crippen molar-refractivity contribution in [3.05, 3.63) is 66.2 Å². The Morgan fingerprint density at radius 1 is 0.636 bits per heavy atom. The molecule has 0 amide bonds. The number of allylic oxidation sites excluding steroid dienone is 2. The first-order chi connectivity index (χ1) is 15.3. The van der Waals surface area contributed by atoms with Gasteiger partial charge in [-0.2, -0.15) is 26.3 Å². The summed E-state index contributed by atoms with van der Waals surface area (Å²) in [6.45, 7) is 2.58. The summed E-state index contributed by atoms with van der Waals surface area (Å²) in [7, 11) is 0. The van der Waals surface area contributed by atoms with Crippen molar-refractivity contribution in [2.75, 3.05) is 0 Å². The number of hydrogen-bond acceptors (Lipinski definition) is 2. The van der Waals surface area contributed by atoms with Gasteiger partial charge >= 0.3 is 17.8 Å². The maximum atomic E-state index is 15.3. The lowest BCUT2D eigenvalue weighted by Gasteiger charge is -2.25. The Balaban J connectivity index is 1.98. The maximum Gasteiger partial charge on any atom is 0.380 e. The van der Waals surface area contributed by atoms with Crippen molar-refractivity contribution >= 4 is 78.3 Å². The van der Waals surface area contributed by atoms with Gasteiger partial charge in [0.1, 0.15) is 22.7 Å². The second-order valence-electron chi connectivity index (χ2n) is 7.82. The minimum Gasteiger partial charge on any atom is -0.461 e. The molecule has 0 N–H and O–H groups in total. The van der Waals surface area contributed by atoms with Crippen molar-refractivity contribution in [1.82, 2.24) is 0 Å². The fourth-order valence-corrected chi connectivity index (χ4v) is 5.32. The number of halogens is 8. The zero-order chi connectivity index (χ0) is 24.1. The second kappa shape index (κ2) is 7.15. The number of hydrogen-bond donors (Lipinski definition) is 0. The molecule has 0 saturated heterocycles. The molecular weight excluding hydrogens is 676 g/mol. The van der Waals surface area contributed by atoms with E-state index in [1.807, 2.05) is 45.2 Å². The molecule has 0 aliphatic heterocycles. The molecule has 2 heterocycles. The van der Waals surface area contributed by atoms with Crippen LogP contribution in [0.25, 0.3) is 33.1 Å². The van der Waals surface area contributed by atoms with E-state index in [0.717, 1.165) is 0 Å². The summed E-state index contributed by atoms with van der Waals surface area (Å²) in [4.78, 5) is 0. The predicted octanol–water partition coefficient (Wildman–Crippen LogP) is 8.84. The van der Waals surface area contributed by atoms with Crippen molar-refractivity contribution in [2.45, 2.75) is 31.6 Å². The highest BCUT2D eigenvalue weighted by atomic mass is 127. The van der Waals surface area contributed by atoms with Gasteiger partial charge in [0.05, 0.1) is 0 Å². The number of rotatable bonds is 2. The van der Waals surface area contributed by atoms with Gasteiger partial charge in [-0.3, -0.25) is 0 Å². The Labute approximate surface area is 210 Å². The third-order valence-corrected chi connectivity index (χ3v) is 7.16. The highest BCUT2D eigenvalue weighted by Crippen LogP contribution is 2.66. The fourth-order valence-electron chi connectivity index (χ4n) is 4.40. The lowest BCUT2D eigenvalue weighted by atomic mass is 9.91. The van der Waals surface area contributed by atoms with Crippen molar-refractivity contribution in [1.29, 1.82) is 0 Å². The number of fused-ring (bicyclic) bond motifs is 2. The lowest BCUT2D eigenvalue weighted by molar-refractivity contribution is -0.254. The molecule has 1 aliphatic rings. The Morgan fingerprint density at radius 2 is 1.00 bits per heavy atom. The van der Waals surface area contributed by atoms with Crippen LogP contribution < -0.4 is 0 Å². The molecule has 172 valence electrons. The topological polar surface area (TPSA) is 26.3 Å². The van der Waals surface area contributed by atoms with Crippen LogP contribution in [-0.4, -0.2) is 17.8 Å². The molecule has 0 unspecified atom stereocenters. The summed E-state index contributed by atoms with van der Waals surface area (Å²) in [5.74, 6) is -16.3. The molecule has 0 fully saturated rings. The normalized spacial score (nSPS) is 19.2. The van der Waals surface area contributed by atoms with Gasteiger partial charge < -0.3 is 8.83 Å². The molecule has 0 radical (unpaired) electrons. The zero-order valence-corrected chi connectivity index (χ0v) is 21.1. The van der Waals surface area contributed by atoms with Crippen LogP contribution >= 0.6 is 45.2 Å². The molecule has 10 heteroatoms. The highest BCUT2D eigenvalue weighted by Gasteiger charge is 2.80. The highest BCUT2D eigenvalue weighted by molar-refractivity contribution is 14.1. The van der Waals surface area contributed by atoms with Crippen LogP contribution in [0, 0.1) is 21.0 Å². The third kappa shape index (κ3) is 2.98. The van der Waals surface area contributed by atoms with Crippen LogP contribution in [0.1, 0.15) is 22.6 Å². The van der Waals surface area contributed by atoms with Crippen molar-refractivity contribution in [2.24, 2.45) is 0 Å². The van der Waals surface area contributed by atoms with Gasteiger partial charge in [-0.25, -0.2) is 0 Å². The van der Waals surface area contributed by atoms with Crippen molar-refractivity contribution in [3.63, 3.8) is 0 Å². The molecule has 2 aromatic heterocycles. The molecule has 33 heavy (non-hydrogen) atoms. The van der Waals surface area contributed by atoms with E-state index < -0.39 is 40.0 Å². The predicted molar refractivity (Wildman–Crippen MR) is 129 cm³/mol. The first kappa shape index (κ1) is 23.1. The van der Waals surface area contributed by atoms with Crippen molar-refractivity contribution in [3.8, 4) is 0 Å². The lowest BCUT2D eigenvalue weighted by Crippen LogP contribution is -2.49. The monoisotopic (exact) mass is 688 g/mol. The minimum absolute atomic E-state index is 0.0496. The average Bonchev–Trinajstić information content (AvgIpc) is 3.22. The second-order valence-corrected chi connectivity index (χ2v) is 10.3. The number of furan rings is 2. The van der Waals surface area contributed by atoms with Gasteiger partial charge in [0.25, 0.3) is 0 Å². The van der Waals surface area contributed by atoms with Crippen LogP contribution in [0.4, 0.5) is 26.3 Å². The molecule has 0 saturated carbocycles. The summed E-state index contributed by atoms with van der Waals surface area (Å²) < 4.78 is 103. The molecule has 0 atom stereocenters. The van der Waals surface area contributed by atoms with E-state index in [-0.39, 0.29) is 33.5 Å². The van der Waals surface area contributed by atoms with E-state index in [1.54, 1.807) is 12.1 Å². The van der Waals surface area contributed by atoms with Crippen LogP contribution in [0.15, 0.2) is 45.2 Å². The van der Waals surface area contributed by atoms with E-state index in [0.29, 0.717) is 7.14 Å². The average molecular weight is 688 g/mol. The molecule has 0 spiro atoms. The minimum atomic E-state index is -5.66. The SMILES string of the molecule is Cc1oc2cc(I)ccc2c1C1=C(c2c(C)oc3cc(I)ccc23)C(F)(F)C(F)(F)C1(F)F. The van der Waals surface area contributed by atoms with Crippen LogP contribution in [0.3, 0.4) is 0 Å². The molecule has 1 aliphatic carbocycles.